The van der Waals surface area contributed by atoms with Crippen molar-refractivity contribution in [3.63, 3.8) is 0 Å². The van der Waals surface area contributed by atoms with Crippen LogP contribution in [0.5, 0.6) is 0 Å². The van der Waals surface area contributed by atoms with Crippen molar-refractivity contribution in [1.82, 2.24) is 0 Å². The Balaban J connectivity index is 1.65. The van der Waals surface area contributed by atoms with E-state index in [0.29, 0.717) is 0 Å². The first-order valence-corrected chi connectivity index (χ1v) is 8.20. The monoisotopic (exact) mass is 303 g/mol. The normalized spacial score (nSPS) is 31.9. The fourth-order valence-corrected chi connectivity index (χ4v) is 4.92. The maximum absolute atomic E-state index is 13.1. The molecular weight excluding hydrogens is 286 g/mol. The number of hydrogen-bond acceptors (Lipinski definition) is 2. The Morgan fingerprint density at radius 2 is 1.70 bits per heavy atom. The van der Waals surface area contributed by atoms with Crippen LogP contribution in [0.25, 0.3) is 10.8 Å². The molecule has 3 aliphatic rings. The van der Waals surface area contributed by atoms with E-state index in [-0.39, 0.29) is 35.5 Å². The number of amides is 2. The number of fused-ring (bicyclic) bond motifs is 6. The maximum atomic E-state index is 13.1. The molecule has 23 heavy (non-hydrogen) atoms. The number of anilines is 1. The SMILES string of the molecule is CC1=CC2CC1C1C(=O)N(c3cccc4ccccc34)C(=O)C21. The zero-order chi connectivity index (χ0) is 15.7. The topological polar surface area (TPSA) is 37.4 Å². The molecule has 1 aliphatic heterocycles. The van der Waals surface area contributed by atoms with Gasteiger partial charge in [0.25, 0.3) is 0 Å². The zero-order valence-electron chi connectivity index (χ0n) is 12.9. The summed E-state index contributed by atoms with van der Waals surface area (Å²) >= 11 is 0. The van der Waals surface area contributed by atoms with Crippen LogP contribution in [0, 0.1) is 23.7 Å². The van der Waals surface area contributed by atoms with Gasteiger partial charge in [0, 0.05) is 5.39 Å². The summed E-state index contributed by atoms with van der Waals surface area (Å²) in [5, 5.41) is 2.02. The Morgan fingerprint density at radius 3 is 2.57 bits per heavy atom. The molecule has 2 bridgehead atoms. The first-order valence-electron chi connectivity index (χ1n) is 8.20. The van der Waals surface area contributed by atoms with E-state index in [9.17, 15) is 9.59 Å². The first-order chi connectivity index (χ1) is 11.2. The highest BCUT2D eigenvalue weighted by Gasteiger charge is 2.61. The van der Waals surface area contributed by atoms with Crippen LogP contribution in [-0.4, -0.2) is 11.8 Å². The molecule has 1 saturated carbocycles. The van der Waals surface area contributed by atoms with Gasteiger partial charge in [-0.1, -0.05) is 48.0 Å². The molecule has 2 amide bonds. The summed E-state index contributed by atoms with van der Waals surface area (Å²) in [5.41, 5.74) is 2.03. The molecule has 1 saturated heterocycles. The summed E-state index contributed by atoms with van der Waals surface area (Å²) in [6, 6.07) is 13.7. The summed E-state index contributed by atoms with van der Waals surface area (Å²) in [6.07, 6.45) is 3.19. The van der Waals surface area contributed by atoms with Gasteiger partial charge < -0.3 is 0 Å². The predicted molar refractivity (Wildman–Crippen MR) is 88.8 cm³/mol. The van der Waals surface area contributed by atoms with Crippen LogP contribution in [0.2, 0.25) is 0 Å². The van der Waals surface area contributed by atoms with E-state index in [4.69, 9.17) is 0 Å². The molecule has 2 fully saturated rings. The summed E-state index contributed by atoms with van der Waals surface area (Å²) in [5.74, 6) is 0.221. The largest absolute Gasteiger partial charge is 0.274 e. The molecule has 0 radical (unpaired) electrons. The van der Waals surface area contributed by atoms with Gasteiger partial charge in [0.1, 0.15) is 0 Å². The van der Waals surface area contributed by atoms with E-state index in [1.165, 1.54) is 10.5 Å². The van der Waals surface area contributed by atoms with Crippen LogP contribution in [0.3, 0.4) is 0 Å². The number of carbonyl (C=O) groups excluding carboxylic acids is 2. The minimum Gasteiger partial charge on any atom is -0.274 e. The first kappa shape index (κ1) is 13.1. The smallest absolute Gasteiger partial charge is 0.238 e. The van der Waals surface area contributed by atoms with Crippen molar-refractivity contribution in [2.24, 2.45) is 23.7 Å². The van der Waals surface area contributed by atoms with Gasteiger partial charge >= 0.3 is 0 Å². The van der Waals surface area contributed by atoms with Crippen molar-refractivity contribution >= 4 is 28.3 Å². The van der Waals surface area contributed by atoms with Crippen molar-refractivity contribution in [3.05, 3.63) is 54.1 Å². The summed E-state index contributed by atoms with van der Waals surface area (Å²) in [4.78, 5) is 27.5. The highest BCUT2D eigenvalue weighted by atomic mass is 16.2. The van der Waals surface area contributed by atoms with Gasteiger partial charge in [-0.2, -0.15) is 0 Å². The fraction of sp³-hybridized carbons (Fsp3) is 0.300. The average molecular weight is 303 g/mol. The van der Waals surface area contributed by atoms with E-state index >= 15 is 0 Å². The van der Waals surface area contributed by atoms with E-state index in [1.807, 2.05) is 42.5 Å². The Labute approximate surface area is 134 Å². The zero-order valence-corrected chi connectivity index (χ0v) is 12.9. The van der Waals surface area contributed by atoms with Gasteiger partial charge in [-0.15, -0.1) is 0 Å². The van der Waals surface area contributed by atoms with Crippen LogP contribution in [0.1, 0.15) is 13.3 Å². The number of hydrogen-bond donors (Lipinski definition) is 0. The second kappa shape index (κ2) is 4.31. The standard InChI is InChI=1S/C20H17NO2/c1-11-9-13-10-15(11)18-17(13)19(22)21(20(18)23)16-8-4-6-12-5-2-3-7-14(12)16/h2-9,13,15,17-18H,10H2,1H3. The molecule has 5 rings (SSSR count). The fourth-order valence-electron chi connectivity index (χ4n) is 4.92. The highest BCUT2D eigenvalue weighted by Crippen LogP contribution is 2.56. The van der Waals surface area contributed by atoms with Crippen molar-refractivity contribution in [3.8, 4) is 0 Å². The minimum atomic E-state index is -0.143. The molecule has 2 aromatic rings. The van der Waals surface area contributed by atoms with E-state index in [0.717, 1.165) is 22.9 Å². The van der Waals surface area contributed by atoms with Gasteiger partial charge in [0.2, 0.25) is 11.8 Å². The van der Waals surface area contributed by atoms with Crippen LogP contribution >= 0.6 is 0 Å². The predicted octanol–water partition coefficient (Wildman–Crippen LogP) is 3.54. The Morgan fingerprint density at radius 1 is 0.957 bits per heavy atom. The van der Waals surface area contributed by atoms with E-state index < -0.39 is 0 Å². The quantitative estimate of drug-likeness (QED) is 0.597. The second-order valence-electron chi connectivity index (χ2n) is 6.98. The lowest BCUT2D eigenvalue weighted by atomic mass is 9.82. The van der Waals surface area contributed by atoms with Crippen LogP contribution in [0.15, 0.2) is 54.1 Å². The molecule has 0 aromatic heterocycles. The number of allylic oxidation sites excluding steroid dienone is 2. The molecule has 1 heterocycles. The Kier molecular flexibility index (Phi) is 2.45. The van der Waals surface area contributed by atoms with E-state index in [2.05, 4.69) is 13.0 Å². The lowest BCUT2D eigenvalue weighted by Crippen LogP contribution is -2.33. The highest BCUT2D eigenvalue weighted by molar-refractivity contribution is 6.25. The summed E-state index contributed by atoms with van der Waals surface area (Å²) in [6.45, 7) is 2.10. The van der Waals surface area contributed by atoms with Crippen molar-refractivity contribution < 1.29 is 9.59 Å². The van der Waals surface area contributed by atoms with Gasteiger partial charge in [-0.25, -0.2) is 4.90 Å². The molecule has 2 aromatic carbocycles. The maximum Gasteiger partial charge on any atom is 0.238 e. The minimum absolute atomic E-state index is 0.00342. The third-order valence-corrected chi connectivity index (χ3v) is 5.89. The van der Waals surface area contributed by atoms with Crippen LogP contribution in [-0.2, 0) is 9.59 Å². The Hall–Kier alpha value is -2.42. The molecule has 3 heteroatoms. The van der Waals surface area contributed by atoms with Crippen LogP contribution in [0.4, 0.5) is 5.69 Å². The van der Waals surface area contributed by atoms with Gasteiger partial charge in [-0.3, -0.25) is 9.59 Å². The third kappa shape index (κ3) is 1.55. The van der Waals surface area contributed by atoms with Crippen molar-refractivity contribution in [2.45, 2.75) is 13.3 Å². The lowest BCUT2D eigenvalue weighted by Gasteiger charge is -2.20. The summed E-state index contributed by atoms with van der Waals surface area (Å²) < 4.78 is 0. The second-order valence-corrected chi connectivity index (χ2v) is 6.98. The van der Waals surface area contributed by atoms with Gasteiger partial charge in [-0.05, 0) is 36.6 Å². The lowest BCUT2D eigenvalue weighted by molar-refractivity contribution is -0.123. The Bertz CT molecular complexity index is 892. The number of nitrogens with zero attached hydrogens (tertiary/aromatic N) is 1. The molecule has 4 atom stereocenters. The van der Waals surface area contributed by atoms with Crippen molar-refractivity contribution in [2.75, 3.05) is 4.90 Å². The molecule has 0 spiro atoms. The average Bonchev–Trinajstić information content (AvgIpc) is 3.18. The van der Waals surface area contributed by atoms with Gasteiger partial charge in [0.15, 0.2) is 0 Å². The summed E-state index contributed by atoms with van der Waals surface area (Å²) in [7, 11) is 0. The molecule has 0 N–H and O–H groups in total. The third-order valence-electron chi connectivity index (χ3n) is 5.89. The van der Waals surface area contributed by atoms with E-state index in [1.54, 1.807) is 0 Å². The number of rotatable bonds is 1. The molecule has 4 unspecified atom stereocenters. The number of imide groups is 1. The molecular formula is C20H17NO2. The molecule has 2 aliphatic carbocycles. The van der Waals surface area contributed by atoms with Crippen molar-refractivity contribution in [1.29, 1.82) is 0 Å². The number of benzene rings is 2. The van der Waals surface area contributed by atoms with Gasteiger partial charge in [0.05, 0.1) is 17.5 Å². The number of carbonyl (C=O) groups is 2. The molecule has 114 valence electrons. The molecule has 3 nitrogen and oxygen atoms in total. The van der Waals surface area contributed by atoms with Crippen LogP contribution < -0.4 is 4.90 Å².